The Kier molecular flexibility index (Phi) is 14.0. The molecule has 96 valence electrons. The Morgan fingerprint density at radius 1 is 0.875 bits per heavy atom. The van der Waals surface area contributed by atoms with Gasteiger partial charge in [-0.15, -0.1) is 0 Å². The first kappa shape index (κ1) is 15.5. The van der Waals surface area contributed by atoms with E-state index in [1.165, 1.54) is 64.0 Å². The average Bonchev–Trinajstić information content (AvgIpc) is 2.31. The van der Waals surface area contributed by atoms with E-state index in [2.05, 4.69) is 6.92 Å². The molecular formula is C14H29NO. The molecule has 2 heteroatoms. The Bertz CT molecular complexity index is 146. The number of nitrogens with two attached hydrogens (primary N) is 1. The minimum atomic E-state index is 0.660. The van der Waals surface area contributed by atoms with Gasteiger partial charge in [0.05, 0.1) is 6.61 Å². The van der Waals surface area contributed by atoms with Gasteiger partial charge < -0.3 is 10.5 Å². The minimum absolute atomic E-state index is 0.660. The van der Waals surface area contributed by atoms with Crippen molar-refractivity contribution in [1.29, 1.82) is 0 Å². The molecule has 16 heavy (non-hydrogen) atoms. The summed E-state index contributed by atoms with van der Waals surface area (Å²) >= 11 is 0. The maximum absolute atomic E-state index is 5.37. The van der Waals surface area contributed by atoms with Crippen LogP contribution in [0.4, 0.5) is 0 Å². The zero-order valence-corrected chi connectivity index (χ0v) is 10.9. The number of unbranched alkanes of at least 4 members (excludes halogenated alkanes) is 8. The Labute approximate surface area is 101 Å². The van der Waals surface area contributed by atoms with Crippen LogP contribution >= 0.6 is 0 Å². The lowest BCUT2D eigenvalue weighted by atomic mass is 10.1. The number of hydrogen-bond acceptors (Lipinski definition) is 2. The van der Waals surface area contributed by atoms with Gasteiger partial charge in [0.2, 0.25) is 0 Å². The van der Waals surface area contributed by atoms with Crippen molar-refractivity contribution in [3.05, 3.63) is 12.3 Å². The molecule has 0 aromatic rings. The zero-order chi connectivity index (χ0) is 11.9. The van der Waals surface area contributed by atoms with Crippen molar-refractivity contribution in [3.8, 4) is 0 Å². The molecule has 2 N–H and O–H groups in total. The summed E-state index contributed by atoms with van der Waals surface area (Å²) in [4.78, 5) is 0. The van der Waals surface area contributed by atoms with E-state index in [0.717, 1.165) is 6.61 Å². The highest BCUT2D eigenvalue weighted by Crippen LogP contribution is 2.09. The first-order chi connectivity index (χ1) is 7.91. The van der Waals surface area contributed by atoms with Crippen LogP contribution < -0.4 is 5.73 Å². The fraction of sp³-hybridized carbons (Fsp3) is 0.857. The molecule has 0 fully saturated rings. The summed E-state index contributed by atoms with van der Waals surface area (Å²) in [6, 6.07) is 0. The first-order valence-electron chi connectivity index (χ1n) is 6.86. The van der Waals surface area contributed by atoms with E-state index >= 15 is 0 Å². The van der Waals surface area contributed by atoms with Crippen LogP contribution in [0.15, 0.2) is 12.3 Å². The Balaban J connectivity index is 2.88. The molecule has 0 atom stereocenters. The van der Waals surface area contributed by atoms with E-state index in [1.807, 2.05) is 6.08 Å². The van der Waals surface area contributed by atoms with Gasteiger partial charge in [-0.25, -0.2) is 0 Å². The van der Waals surface area contributed by atoms with Gasteiger partial charge in [-0.2, -0.15) is 0 Å². The van der Waals surface area contributed by atoms with E-state index in [1.54, 1.807) is 0 Å². The predicted molar refractivity (Wildman–Crippen MR) is 71.4 cm³/mol. The maximum atomic E-state index is 5.37. The van der Waals surface area contributed by atoms with Crippen molar-refractivity contribution in [2.45, 2.75) is 64.7 Å². The molecule has 0 amide bonds. The average molecular weight is 227 g/mol. The third kappa shape index (κ3) is 13.5. The van der Waals surface area contributed by atoms with Crippen LogP contribution in [0.3, 0.4) is 0 Å². The van der Waals surface area contributed by atoms with Gasteiger partial charge >= 0.3 is 0 Å². The monoisotopic (exact) mass is 227 g/mol. The van der Waals surface area contributed by atoms with E-state index in [9.17, 15) is 0 Å². The molecule has 0 heterocycles. The molecule has 0 aliphatic heterocycles. The molecule has 0 aromatic carbocycles. The quantitative estimate of drug-likeness (QED) is 0.511. The fourth-order valence-corrected chi connectivity index (χ4v) is 1.72. The first-order valence-corrected chi connectivity index (χ1v) is 6.86. The molecule has 0 spiro atoms. The Morgan fingerprint density at radius 3 is 2.00 bits per heavy atom. The van der Waals surface area contributed by atoms with Gasteiger partial charge in [0, 0.05) is 6.61 Å². The molecule has 0 aromatic heterocycles. The van der Waals surface area contributed by atoms with Crippen molar-refractivity contribution < 1.29 is 4.74 Å². The van der Waals surface area contributed by atoms with Crippen molar-refractivity contribution in [2.24, 2.45) is 5.73 Å². The van der Waals surface area contributed by atoms with E-state index in [-0.39, 0.29) is 0 Å². The highest BCUT2D eigenvalue weighted by atomic mass is 16.5. The Morgan fingerprint density at radius 2 is 1.44 bits per heavy atom. The van der Waals surface area contributed by atoms with E-state index in [4.69, 9.17) is 10.5 Å². The number of hydrogen-bond donors (Lipinski definition) is 1. The SMILES string of the molecule is CCCCCCCCCCCOCC=CN. The Hall–Kier alpha value is -0.500. The molecule has 0 radical (unpaired) electrons. The predicted octanol–water partition coefficient (Wildman–Crippen LogP) is 4.01. The summed E-state index contributed by atoms with van der Waals surface area (Å²) in [6.45, 7) is 3.80. The van der Waals surface area contributed by atoms with Gasteiger partial charge in [0.25, 0.3) is 0 Å². The van der Waals surface area contributed by atoms with E-state index < -0.39 is 0 Å². The van der Waals surface area contributed by atoms with Crippen LogP contribution in [0.2, 0.25) is 0 Å². The molecule has 2 nitrogen and oxygen atoms in total. The third-order valence-electron chi connectivity index (χ3n) is 2.74. The summed E-state index contributed by atoms with van der Waals surface area (Å²) in [6.07, 6.45) is 15.6. The molecular weight excluding hydrogens is 198 g/mol. The lowest BCUT2D eigenvalue weighted by molar-refractivity contribution is 0.157. The van der Waals surface area contributed by atoms with Crippen LogP contribution in [0.5, 0.6) is 0 Å². The van der Waals surface area contributed by atoms with Gasteiger partial charge in [-0.1, -0.05) is 58.3 Å². The largest absolute Gasteiger partial charge is 0.405 e. The second kappa shape index (κ2) is 14.5. The second-order valence-electron chi connectivity index (χ2n) is 4.33. The molecule has 0 aliphatic carbocycles. The standard InChI is InChI=1S/C14H29NO/c1-2-3-4-5-6-7-8-9-10-13-16-14-11-12-15/h11-12H,2-10,13-15H2,1H3. The summed E-state index contributed by atoms with van der Waals surface area (Å²) in [5.74, 6) is 0. The van der Waals surface area contributed by atoms with Crippen molar-refractivity contribution in [3.63, 3.8) is 0 Å². The molecule has 0 saturated carbocycles. The smallest absolute Gasteiger partial charge is 0.0664 e. The molecule has 0 bridgehead atoms. The van der Waals surface area contributed by atoms with Crippen LogP contribution in [0, 0.1) is 0 Å². The zero-order valence-electron chi connectivity index (χ0n) is 10.9. The van der Waals surface area contributed by atoms with Crippen LogP contribution in [0.25, 0.3) is 0 Å². The maximum Gasteiger partial charge on any atom is 0.0664 e. The van der Waals surface area contributed by atoms with Crippen molar-refractivity contribution in [2.75, 3.05) is 13.2 Å². The minimum Gasteiger partial charge on any atom is -0.405 e. The molecule has 0 rings (SSSR count). The summed E-state index contributed by atoms with van der Waals surface area (Å²) in [5, 5.41) is 0. The normalized spacial score (nSPS) is 11.3. The molecule has 0 aliphatic rings. The molecule has 0 saturated heterocycles. The van der Waals surface area contributed by atoms with Crippen LogP contribution in [-0.4, -0.2) is 13.2 Å². The fourth-order valence-electron chi connectivity index (χ4n) is 1.72. The summed E-state index contributed by atoms with van der Waals surface area (Å²) < 4.78 is 5.37. The van der Waals surface area contributed by atoms with Gasteiger partial charge in [-0.3, -0.25) is 0 Å². The van der Waals surface area contributed by atoms with Gasteiger partial charge in [-0.05, 0) is 18.7 Å². The van der Waals surface area contributed by atoms with Crippen LogP contribution in [0.1, 0.15) is 64.7 Å². The summed E-state index contributed by atoms with van der Waals surface area (Å²) in [7, 11) is 0. The highest BCUT2D eigenvalue weighted by molar-refractivity contribution is 4.74. The lowest BCUT2D eigenvalue weighted by Gasteiger charge is -2.02. The van der Waals surface area contributed by atoms with Crippen LogP contribution in [-0.2, 0) is 4.74 Å². The van der Waals surface area contributed by atoms with Crippen molar-refractivity contribution in [1.82, 2.24) is 0 Å². The van der Waals surface area contributed by atoms with Gasteiger partial charge in [0.1, 0.15) is 0 Å². The summed E-state index contributed by atoms with van der Waals surface area (Å²) in [5.41, 5.74) is 5.20. The number of ether oxygens (including phenoxy) is 1. The van der Waals surface area contributed by atoms with E-state index in [0.29, 0.717) is 6.61 Å². The topological polar surface area (TPSA) is 35.2 Å². The third-order valence-corrected chi connectivity index (χ3v) is 2.74. The second-order valence-corrected chi connectivity index (χ2v) is 4.33. The number of rotatable bonds is 12. The van der Waals surface area contributed by atoms with Gasteiger partial charge in [0.15, 0.2) is 0 Å². The highest BCUT2D eigenvalue weighted by Gasteiger charge is 1.91. The lowest BCUT2D eigenvalue weighted by Crippen LogP contribution is -1.95. The van der Waals surface area contributed by atoms with Crippen molar-refractivity contribution >= 4 is 0 Å². The molecule has 0 unspecified atom stereocenters.